The molecule has 0 aliphatic carbocycles. The summed E-state index contributed by atoms with van der Waals surface area (Å²) in [6.45, 7) is 1.94. The van der Waals surface area contributed by atoms with Crippen LogP contribution in [0.1, 0.15) is 31.7 Å². The van der Waals surface area contributed by atoms with E-state index in [4.69, 9.17) is 27.8 Å². The monoisotopic (exact) mass is 592 g/mol. The van der Waals surface area contributed by atoms with Crippen LogP contribution >= 0.6 is 39.1 Å². The van der Waals surface area contributed by atoms with Gasteiger partial charge in [-0.05, 0) is 55.7 Å². The summed E-state index contributed by atoms with van der Waals surface area (Å²) < 4.78 is 31.7. The molecule has 2 rings (SSSR count). The molecule has 0 aliphatic rings. The predicted molar refractivity (Wildman–Crippen MR) is 139 cm³/mol. The molecule has 34 heavy (non-hydrogen) atoms. The third kappa shape index (κ3) is 8.23. The van der Waals surface area contributed by atoms with Gasteiger partial charge in [-0.1, -0.05) is 57.7 Å². The minimum atomic E-state index is -4.03. The molecule has 0 radical (unpaired) electrons. The molecule has 0 aromatic heterocycles. The van der Waals surface area contributed by atoms with Crippen LogP contribution in [-0.2, 0) is 26.1 Å². The molecular weight excluding hydrogens is 567 g/mol. The van der Waals surface area contributed by atoms with Crippen LogP contribution in [0.15, 0.2) is 46.9 Å². The minimum absolute atomic E-state index is 0.234. The maximum absolute atomic E-state index is 13.8. The third-order valence-electron chi connectivity index (χ3n) is 5.52. The van der Waals surface area contributed by atoms with Gasteiger partial charge >= 0.3 is 0 Å². The van der Waals surface area contributed by atoms with Gasteiger partial charge in [-0.15, -0.1) is 0 Å². The Labute approximate surface area is 218 Å². The number of likely N-dealkylation sites (N-methyl/N-ethyl adjacent to an activating group) is 1. The molecule has 1 atom stereocenters. The van der Waals surface area contributed by atoms with Crippen molar-refractivity contribution in [1.82, 2.24) is 4.90 Å². The largest absolute Gasteiger partial charge is 0.330 e. The van der Waals surface area contributed by atoms with E-state index in [1.807, 2.05) is 24.3 Å². The Hall–Kier alpha value is -1.65. The first-order valence-corrected chi connectivity index (χ1v) is 13.7. The van der Waals surface area contributed by atoms with Gasteiger partial charge in [0.05, 0.1) is 5.75 Å². The molecule has 1 N–H and O–H groups in total. The molecule has 2 aromatic carbocycles. The summed E-state index contributed by atoms with van der Waals surface area (Å²) in [5.41, 5.74) is 0.0978. The highest BCUT2D eigenvalue weighted by Crippen LogP contribution is 2.30. The van der Waals surface area contributed by atoms with Crippen molar-refractivity contribution in [2.24, 2.45) is 0 Å². The number of rotatable bonds is 12. The SMILES string of the molecule is CN(C(=O)[C@@](C)(Cc1ccc(Br)cc1)N(C=O)CCCCCS(=O)(=O)O)c1cc(Cl)cc(Cl)c1. The van der Waals surface area contributed by atoms with Crippen molar-refractivity contribution in [2.45, 2.75) is 38.1 Å². The predicted octanol–water partition coefficient (Wildman–Crippen LogP) is 5.24. The smallest absolute Gasteiger partial charge is 0.264 e. The summed E-state index contributed by atoms with van der Waals surface area (Å²) in [6.07, 6.45) is 2.07. The van der Waals surface area contributed by atoms with Gasteiger partial charge in [0.2, 0.25) is 6.41 Å². The van der Waals surface area contributed by atoms with E-state index >= 15 is 0 Å². The molecule has 0 bridgehead atoms. The summed E-state index contributed by atoms with van der Waals surface area (Å²) in [5.74, 6) is -0.680. The van der Waals surface area contributed by atoms with Crippen molar-refractivity contribution in [3.05, 3.63) is 62.5 Å². The van der Waals surface area contributed by atoms with Crippen LogP contribution in [0.2, 0.25) is 10.0 Å². The molecule has 11 heteroatoms. The molecule has 0 aliphatic heterocycles. The Morgan fingerprint density at radius 3 is 2.21 bits per heavy atom. The summed E-state index contributed by atoms with van der Waals surface area (Å²) in [5, 5.41) is 0.755. The zero-order valence-electron chi connectivity index (χ0n) is 18.9. The van der Waals surface area contributed by atoms with Crippen molar-refractivity contribution in [3.8, 4) is 0 Å². The maximum atomic E-state index is 13.8. The van der Waals surface area contributed by atoms with Gasteiger partial charge in [0.15, 0.2) is 0 Å². The molecule has 7 nitrogen and oxygen atoms in total. The molecule has 0 saturated heterocycles. The summed E-state index contributed by atoms with van der Waals surface area (Å²) >= 11 is 15.6. The van der Waals surface area contributed by atoms with Crippen molar-refractivity contribution < 1.29 is 22.6 Å². The second kappa shape index (κ2) is 12.4. The molecule has 0 spiro atoms. The van der Waals surface area contributed by atoms with Crippen molar-refractivity contribution in [3.63, 3.8) is 0 Å². The zero-order valence-corrected chi connectivity index (χ0v) is 22.8. The number of halogens is 3. The lowest BCUT2D eigenvalue weighted by Crippen LogP contribution is -2.58. The van der Waals surface area contributed by atoms with Gasteiger partial charge in [0.1, 0.15) is 5.54 Å². The standard InChI is InChI=1S/C23H27BrCl2N2O5S/c1-23(15-17-6-8-18(24)9-7-17,28(16-29)10-4-3-5-11-34(31,32)33)22(30)27(2)21-13-19(25)12-20(26)14-21/h6-9,12-14,16H,3-5,10-11,15H2,1-2H3,(H,31,32,33)/t23-/m1/s1. The second-order valence-corrected chi connectivity index (χ2v) is 11.6. The molecule has 0 saturated carbocycles. The van der Waals surface area contributed by atoms with E-state index in [9.17, 15) is 18.0 Å². The van der Waals surface area contributed by atoms with Crippen LogP contribution in [0.4, 0.5) is 5.69 Å². The normalized spacial score (nSPS) is 13.2. The first kappa shape index (κ1) is 28.6. The average molecular weight is 594 g/mol. The van der Waals surface area contributed by atoms with Crippen molar-refractivity contribution >= 4 is 67.3 Å². The van der Waals surface area contributed by atoms with E-state index in [-0.39, 0.29) is 31.0 Å². The fourth-order valence-corrected chi connectivity index (χ4v) is 5.02. The van der Waals surface area contributed by atoms with Gasteiger partial charge in [-0.25, -0.2) is 0 Å². The Kier molecular flexibility index (Phi) is 10.4. The topological polar surface area (TPSA) is 95.0 Å². The van der Waals surface area contributed by atoms with E-state index in [2.05, 4.69) is 15.9 Å². The highest BCUT2D eigenvalue weighted by Gasteiger charge is 2.41. The molecular formula is C23H27BrCl2N2O5S. The summed E-state index contributed by atoms with van der Waals surface area (Å²) in [6, 6.07) is 12.3. The van der Waals surface area contributed by atoms with Crippen LogP contribution < -0.4 is 4.90 Å². The Morgan fingerprint density at radius 2 is 1.68 bits per heavy atom. The van der Waals surface area contributed by atoms with E-state index in [0.717, 1.165) is 10.0 Å². The number of benzene rings is 2. The fourth-order valence-electron chi connectivity index (χ4n) is 3.67. The van der Waals surface area contributed by atoms with Gasteiger partial charge in [-0.3, -0.25) is 14.1 Å². The van der Waals surface area contributed by atoms with Crippen LogP contribution in [-0.4, -0.2) is 55.1 Å². The van der Waals surface area contributed by atoms with Gasteiger partial charge in [-0.2, -0.15) is 8.42 Å². The van der Waals surface area contributed by atoms with Gasteiger partial charge < -0.3 is 9.80 Å². The molecule has 0 unspecified atom stereocenters. The first-order chi connectivity index (χ1) is 15.9. The number of anilines is 1. The van der Waals surface area contributed by atoms with E-state index in [1.165, 1.54) is 9.80 Å². The highest BCUT2D eigenvalue weighted by atomic mass is 79.9. The third-order valence-corrected chi connectivity index (χ3v) is 7.29. The number of carbonyl (C=O) groups is 2. The van der Waals surface area contributed by atoms with Crippen LogP contribution in [0.25, 0.3) is 0 Å². The Morgan fingerprint density at radius 1 is 1.09 bits per heavy atom. The van der Waals surface area contributed by atoms with Gasteiger partial charge in [0, 0.05) is 40.2 Å². The van der Waals surface area contributed by atoms with Gasteiger partial charge in [0.25, 0.3) is 16.0 Å². The fraction of sp³-hybridized carbons (Fsp3) is 0.391. The molecule has 0 fully saturated rings. The van der Waals surface area contributed by atoms with Crippen LogP contribution in [0.5, 0.6) is 0 Å². The maximum Gasteiger partial charge on any atom is 0.264 e. The number of unbranched alkanes of at least 4 members (excludes halogenated alkanes) is 2. The van der Waals surface area contributed by atoms with Crippen LogP contribution in [0, 0.1) is 0 Å². The highest BCUT2D eigenvalue weighted by molar-refractivity contribution is 9.10. The molecule has 186 valence electrons. The Balaban J connectivity index is 2.32. The van der Waals surface area contributed by atoms with E-state index < -0.39 is 15.7 Å². The second-order valence-electron chi connectivity index (χ2n) is 8.21. The van der Waals surface area contributed by atoms with Crippen molar-refractivity contribution in [2.75, 3.05) is 24.2 Å². The number of hydrogen-bond acceptors (Lipinski definition) is 4. The van der Waals surface area contributed by atoms with E-state index in [0.29, 0.717) is 35.0 Å². The number of carbonyl (C=O) groups excluding carboxylic acids is 2. The lowest BCUT2D eigenvalue weighted by Gasteiger charge is -2.40. The molecule has 0 heterocycles. The summed E-state index contributed by atoms with van der Waals surface area (Å²) in [4.78, 5) is 28.8. The lowest BCUT2D eigenvalue weighted by atomic mass is 9.89. The zero-order chi connectivity index (χ0) is 25.5. The summed E-state index contributed by atoms with van der Waals surface area (Å²) in [7, 11) is -2.44. The first-order valence-electron chi connectivity index (χ1n) is 10.5. The number of hydrogen-bond donors (Lipinski definition) is 1. The Bertz CT molecular complexity index is 1090. The number of nitrogens with zero attached hydrogens (tertiary/aromatic N) is 2. The molecule has 2 amide bonds. The van der Waals surface area contributed by atoms with E-state index in [1.54, 1.807) is 32.2 Å². The quantitative estimate of drug-likeness (QED) is 0.206. The minimum Gasteiger partial charge on any atom is -0.330 e. The van der Waals surface area contributed by atoms with Crippen LogP contribution in [0.3, 0.4) is 0 Å². The molecule has 2 aromatic rings. The van der Waals surface area contributed by atoms with Crippen molar-refractivity contribution in [1.29, 1.82) is 0 Å². The number of amides is 2. The lowest BCUT2D eigenvalue weighted by molar-refractivity contribution is -0.137. The average Bonchev–Trinajstić information content (AvgIpc) is 2.75.